The molecule has 2 aromatic carbocycles. The fourth-order valence-corrected chi connectivity index (χ4v) is 5.16. The first-order chi connectivity index (χ1) is 11.6. The molecule has 0 spiro atoms. The number of amides is 1. The standard InChI is InChI=1S/C18H20NO4P/c1-3-22-24(21,23-4-2)18-16-13-9-8-12-15(16)17(20)19(18)14-10-6-5-7-11-14/h5-13,18H,3-4H2,1-2H3. The summed E-state index contributed by atoms with van der Waals surface area (Å²) >= 11 is 0. The number of fused-ring (bicyclic) bond motifs is 1. The summed E-state index contributed by atoms with van der Waals surface area (Å²) in [4.78, 5) is 14.5. The van der Waals surface area contributed by atoms with Gasteiger partial charge in [-0.05, 0) is 37.6 Å². The fraction of sp³-hybridized carbons (Fsp3) is 0.278. The molecule has 126 valence electrons. The first kappa shape index (κ1) is 16.9. The Hall–Kier alpha value is -1.94. The maximum absolute atomic E-state index is 13.5. The molecule has 0 N–H and O–H groups in total. The second kappa shape index (κ2) is 6.89. The molecular weight excluding hydrogens is 325 g/mol. The van der Waals surface area contributed by atoms with E-state index in [1.165, 1.54) is 4.90 Å². The smallest absolute Gasteiger partial charge is 0.307 e. The third-order valence-corrected chi connectivity index (χ3v) is 6.23. The lowest BCUT2D eigenvalue weighted by Crippen LogP contribution is -2.28. The minimum atomic E-state index is -3.55. The molecule has 0 radical (unpaired) electrons. The average molecular weight is 345 g/mol. The topological polar surface area (TPSA) is 55.8 Å². The van der Waals surface area contributed by atoms with Gasteiger partial charge >= 0.3 is 7.60 Å². The molecule has 0 aliphatic carbocycles. The quantitative estimate of drug-likeness (QED) is 0.717. The number of rotatable bonds is 6. The molecule has 6 heteroatoms. The van der Waals surface area contributed by atoms with Crippen molar-refractivity contribution in [2.75, 3.05) is 18.1 Å². The van der Waals surface area contributed by atoms with Gasteiger partial charge in [0.1, 0.15) is 0 Å². The normalized spacial score (nSPS) is 17.2. The van der Waals surface area contributed by atoms with E-state index in [9.17, 15) is 9.36 Å². The molecule has 1 aliphatic rings. The van der Waals surface area contributed by atoms with Gasteiger partial charge in [-0.25, -0.2) is 0 Å². The van der Waals surface area contributed by atoms with E-state index in [1.807, 2.05) is 42.5 Å². The number of carbonyl (C=O) groups is 1. The van der Waals surface area contributed by atoms with Crippen molar-refractivity contribution in [3.63, 3.8) is 0 Å². The highest BCUT2D eigenvalue weighted by atomic mass is 31.2. The van der Waals surface area contributed by atoms with Crippen LogP contribution in [-0.2, 0) is 13.6 Å². The van der Waals surface area contributed by atoms with Gasteiger partial charge in [-0.3, -0.25) is 14.3 Å². The maximum Gasteiger partial charge on any atom is 0.357 e. The lowest BCUT2D eigenvalue weighted by Gasteiger charge is -2.31. The van der Waals surface area contributed by atoms with E-state index in [2.05, 4.69) is 0 Å². The molecule has 1 amide bonds. The van der Waals surface area contributed by atoms with Crippen LogP contribution in [0.25, 0.3) is 0 Å². The van der Waals surface area contributed by atoms with Crippen LogP contribution >= 0.6 is 7.60 Å². The van der Waals surface area contributed by atoms with Gasteiger partial charge in [0.2, 0.25) is 0 Å². The highest BCUT2D eigenvalue weighted by Gasteiger charge is 2.50. The average Bonchev–Trinajstić information content (AvgIpc) is 2.90. The molecule has 3 rings (SSSR count). The second-order valence-electron chi connectivity index (χ2n) is 5.35. The van der Waals surface area contributed by atoms with Crippen molar-refractivity contribution in [2.45, 2.75) is 19.6 Å². The van der Waals surface area contributed by atoms with Gasteiger partial charge in [0.25, 0.3) is 5.91 Å². The van der Waals surface area contributed by atoms with Crippen molar-refractivity contribution >= 4 is 19.2 Å². The Balaban J connectivity index is 2.17. The molecule has 5 nitrogen and oxygen atoms in total. The van der Waals surface area contributed by atoms with Crippen LogP contribution in [0.3, 0.4) is 0 Å². The van der Waals surface area contributed by atoms with E-state index in [0.29, 0.717) is 16.8 Å². The van der Waals surface area contributed by atoms with Crippen molar-refractivity contribution in [1.82, 2.24) is 0 Å². The molecule has 0 saturated carbocycles. The number of benzene rings is 2. The summed E-state index contributed by atoms with van der Waals surface area (Å²) in [6.45, 7) is 4.02. The number of hydrogen-bond acceptors (Lipinski definition) is 4. The molecule has 0 bridgehead atoms. The molecule has 1 unspecified atom stereocenters. The fourth-order valence-electron chi connectivity index (χ4n) is 2.99. The highest BCUT2D eigenvalue weighted by Crippen LogP contribution is 2.65. The first-order valence-corrected chi connectivity index (χ1v) is 9.60. The number of anilines is 1. The van der Waals surface area contributed by atoms with E-state index in [4.69, 9.17) is 9.05 Å². The number of para-hydroxylation sites is 1. The van der Waals surface area contributed by atoms with Crippen LogP contribution in [0, 0.1) is 0 Å². The monoisotopic (exact) mass is 345 g/mol. The zero-order valence-corrected chi connectivity index (χ0v) is 14.6. The van der Waals surface area contributed by atoms with E-state index in [0.717, 1.165) is 0 Å². The zero-order valence-electron chi connectivity index (χ0n) is 13.7. The summed E-state index contributed by atoms with van der Waals surface area (Å²) in [6.07, 6.45) is 0. The predicted molar refractivity (Wildman–Crippen MR) is 93.3 cm³/mol. The summed E-state index contributed by atoms with van der Waals surface area (Å²) in [6, 6.07) is 16.4. The third-order valence-electron chi connectivity index (χ3n) is 3.88. The summed E-state index contributed by atoms with van der Waals surface area (Å²) < 4.78 is 24.6. The molecule has 1 heterocycles. The lowest BCUT2D eigenvalue weighted by molar-refractivity contribution is 0.0990. The van der Waals surface area contributed by atoms with Crippen LogP contribution in [0.15, 0.2) is 54.6 Å². The Kier molecular flexibility index (Phi) is 4.86. The zero-order chi connectivity index (χ0) is 17.2. The van der Waals surface area contributed by atoms with Gasteiger partial charge in [-0.2, -0.15) is 0 Å². The SMILES string of the molecule is CCOP(=O)(OCC)C1c2ccccc2C(=O)N1c1ccccc1. The molecule has 2 aromatic rings. The maximum atomic E-state index is 13.5. The molecule has 0 aromatic heterocycles. The molecular formula is C18H20NO4P. The van der Waals surface area contributed by atoms with Crippen molar-refractivity contribution in [3.8, 4) is 0 Å². The largest absolute Gasteiger partial charge is 0.357 e. The van der Waals surface area contributed by atoms with Crippen LogP contribution in [0.4, 0.5) is 5.69 Å². The Bertz CT molecular complexity index is 768. The van der Waals surface area contributed by atoms with Crippen LogP contribution in [0.5, 0.6) is 0 Å². The number of nitrogens with zero attached hydrogens (tertiary/aromatic N) is 1. The summed E-state index contributed by atoms with van der Waals surface area (Å²) in [5.74, 6) is -0.968. The van der Waals surface area contributed by atoms with Crippen molar-refractivity contribution in [2.24, 2.45) is 0 Å². The van der Waals surface area contributed by atoms with Gasteiger partial charge in [0.05, 0.1) is 13.2 Å². The van der Waals surface area contributed by atoms with Crippen LogP contribution in [0.2, 0.25) is 0 Å². The van der Waals surface area contributed by atoms with E-state index >= 15 is 0 Å². The van der Waals surface area contributed by atoms with Crippen LogP contribution in [0.1, 0.15) is 35.6 Å². The third kappa shape index (κ3) is 2.80. The molecule has 1 atom stereocenters. The Morgan fingerprint density at radius 3 is 2.17 bits per heavy atom. The molecule has 1 aliphatic heterocycles. The van der Waals surface area contributed by atoms with Gasteiger partial charge < -0.3 is 9.05 Å². The van der Waals surface area contributed by atoms with Crippen molar-refractivity contribution in [1.29, 1.82) is 0 Å². The minimum absolute atomic E-state index is 0.193. The molecule has 0 fully saturated rings. The van der Waals surface area contributed by atoms with Crippen LogP contribution in [-0.4, -0.2) is 19.1 Å². The summed E-state index contributed by atoms with van der Waals surface area (Å²) in [5, 5.41) is 0. The van der Waals surface area contributed by atoms with Crippen molar-refractivity contribution < 1.29 is 18.4 Å². The van der Waals surface area contributed by atoms with E-state index in [-0.39, 0.29) is 19.1 Å². The minimum Gasteiger partial charge on any atom is -0.307 e. The Morgan fingerprint density at radius 2 is 1.54 bits per heavy atom. The number of carbonyl (C=O) groups excluding carboxylic acids is 1. The van der Waals surface area contributed by atoms with Gasteiger partial charge in [0, 0.05) is 11.3 Å². The van der Waals surface area contributed by atoms with E-state index in [1.54, 1.807) is 26.0 Å². The number of hydrogen-bond donors (Lipinski definition) is 0. The summed E-state index contributed by atoms with van der Waals surface area (Å²) in [5.41, 5.74) is 1.88. The van der Waals surface area contributed by atoms with E-state index < -0.39 is 13.4 Å². The van der Waals surface area contributed by atoms with Crippen LogP contribution < -0.4 is 4.90 Å². The predicted octanol–water partition coefficient (Wildman–Crippen LogP) is 4.61. The highest BCUT2D eigenvalue weighted by molar-refractivity contribution is 7.54. The van der Waals surface area contributed by atoms with Crippen molar-refractivity contribution in [3.05, 3.63) is 65.7 Å². The Labute approximate surface area is 141 Å². The second-order valence-corrected chi connectivity index (χ2v) is 7.43. The van der Waals surface area contributed by atoms with Gasteiger partial charge in [-0.1, -0.05) is 36.4 Å². The summed E-state index contributed by atoms with van der Waals surface area (Å²) in [7, 11) is -3.55. The molecule has 0 saturated heterocycles. The molecule has 24 heavy (non-hydrogen) atoms. The first-order valence-electron chi connectivity index (χ1n) is 7.98. The lowest BCUT2D eigenvalue weighted by atomic mass is 10.1. The Morgan fingerprint density at radius 1 is 0.958 bits per heavy atom. The van der Waals surface area contributed by atoms with Gasteiger partial charge in [-0.15, -0.1) is 0 Å². The van der Waals surface area contributed by atoms with Gasteiger partial charge in [0.15, 0.2) is 5.78 Å².